The van der Waals surface area contributed by atoms with Gasteiger partial charge in [-0.2, -0.15) is 5.10 Å². The molecule has 1 aliphatic carbocycles. The van der Waals surface area contributed by atoms with Crippen molar-refractivity contribution in [3.8, 4) is 10.6 Å². The molecule has 1 heterocycles. The summed E-state index contributed by atoms with van der Waals surface area (Å²) in [5.41, 5.74) is 5.90. The van der Waals surface area contributed by atoms with Crippen LogP contribution in [-0.4, -0.2) is 22.4 Å². The van der Waals surface area contributed by atoms with Crippen molar-refractivity contribution in [1.82, 2.24) is 9.78 Å². The normalized spacial score (nSPS) is 15.8. The van der Waals surface area contributed by atoms with E-state index in [4.69, 9.17) is 27.4 Å². The predicted molar refractivity (Wildman–Crippen MR) is 111 cm³/mol. The van der Waals surface area contributed by atoms with Crippen LogP contribution in [0.25, 0.3) is 10.6 Å². The zero-order chi connectivity index (χ0) is 18.2. The van der Waals surface area contributed by atoms with E-state index >= 15 is 0 Å². The van der Waals surface area contributed by atoms with Crippen LogP contribution >= 0.6 is 35.6 Å². The lowest BCUT2D eigenvalue weighted by atomic mass is 9.96. The number of hydrogen-bond acceptors (Lipinski definition) is 5. The van der Waals surface area contributed by atoms with Crippen molar-refractivity contribution < 1.29 is 0 Å². The standard InChI is InChI=1S/C16H20ClN3S2.C2H7N/c1-2-20-16(18-12-6-4-3-5-7-12)22-15(19-20)11-8-9-13(17)14(21)10-11;1-2-3/h8-10,12,21H,2-7H2,1H3;2-3H2,1H3. The highest BCUT2D eigenvalue weighted by Gasteiger charge is 2.14. The fourth-order valence-electron chi connectivity index (χ4n) is 2.74. The molecule has 0 aliphatic heterocycles. The van der Waals surface area contributed by atoms with Crippen LogP contribution in [0, 0.1) is 0 Å². The number of thiol groups is 1. The molecule has 0 amide bonds. The van der Waals surface area contributed by atoms with Gasteiger partial charge in [0.2, 0.25) is 4.80 Å². The number of aryl methyl sites for hydroxylation is 1. The number of nitrogens with zero attached hydrogens (tertiary/aromatic N) is 3. The highest BCUT2D eigenvalue weighted by atomic mass is 35.5. The zero-order valence-corrected chi connectivity index (χ0v) is 17.4. The molecule has 0 spiro atoms. The van der Waals surface area contributed by atoms with Gasteiger partial charge in [0.1, 0.15) is 5.01 Å². The number of aromatic nitrogens is 2. The Balaban J connectivity index is 0.000000701. The highest BCUT2D eigenvalue weighted by molar-refractivity contribution is 7.80. The van der Waals surface area contributed by atoms with Gasteiger partial charge in [-0.3, -0.25) is 4.99 Å². The van der Waals surface area contributed by atoms with Crippen molar-refractivity contribution in [2.45, 2.75) is 63.4 Å². The van der Waals surface area contributed by atoms with Crippen LogP contribution in [0.3, 0.4) is 0 Å². The summed E-state index contributed by atoms with van der Waals surface area (Å²) in [5.74, 6) is 0. The Kier molecular flexibility index (Phi) is 8.49. The van der Waals surface area contributed by atoms with Crippen LogP contribution in [0.1, 0.15) is 46.0 Å². The van der Waals surface area contributed by atoms with Crippen LogP contribution < -0.4 is 10.5 Å². The van der Waals surface area contributed by atoms with Gasteiger partial charge in [-0.1, -0.05) is 55.2 Å². The summed E-state index contributed by atoms with van der Waals surface area (Å²) >= 11 is 12.1. The average Bonchev–Trinajstić information content (AvgIpc) is 3.02. The van der Waals surface area contributed by atoms with Crippen LogP contribution in [0.15, 0.2) is 28.1 Å². The Morgan fingerprint density at radius 3 is 2.60 bits per heavy atom. The molecule has 1 aromatic carbocycles. The molecular weight excluding hydrogens is 372 g/mol. The van der Waals surface area contributed by atoms with Crippen LogP contribution in [-0.2, 0) is 6.54 Å². The first-order valence-electron chi connectivity index (χ1n) is 8.89. The molecule has 1 aromatic heterocycles. The molecule has 1 fully saturated rings. The van der Waals surface area contributed by atoms with Gasteiger partial charge >= 0.3 is 0 Å². The maximum absolute atomic E-state index is 6.04. The molecule has 3 rings (SSSR count). The maximum Gasteiger partial charge on any atom is 0.203 e. The zero-order valence-electron chi connectivity index (χ0n) is 14.9. The summed E-state index contributed by atoms with van der Waals surface area (Å²) in [6.07, 6.45) is 6.36. The number of halogens is 1. The van der Waals surface area contributed by atoms with E-state index in [1.54, 1.807) is 11.3 Å². The number of benzene rings is 1. The number of nitrogens with two attached hydrogens (primary N) is 1. The molecule has 2 N–H and O–H groups in total. The molecule has 1 aliphatic rings. The molecule has 1 saturated carbocycles. The Bertz CT molecular complexity index is 733. The Hall–Kier alpha value is -0.820. The van der Waals surface area contributed by atoms with Crippen LogP contribution in [0.5, 0.6) is 0 Å². The number of rotatable bonds is 3. The van der Waals surface area contributed by atoms with E-state index in [0.29, 0.717) is 11.1 Å². The Morgan fingerprint density at radius 2 is 2.00 bits per heavy atom. The van der Waals surface area contributed by atoms with E-state index in [1.807, 2.05) is 29.8 Å². The lowest BCUT2D eigenvalue weighted by Gasteiger charge is -2.16. The minimum atomic E-state index is 0.463. The molecule has 0 saturated heterocycles. The summed E-state index contributed by atoms with van der Waals surface area (Å²) in [7, 11) is 0. The lowest BCUT2D eigenvalue weighted by Crippen LogP contribution is -2.20. The first-order valence-corrected chi connectivity index (χ1v) is 10.5. The first-order chi connectivity index (χ1) is 12.1. The van der Waals surface area contributed by atoms with E-state index in [0.717, 1.165) is 33.4 Å². The number of hydrogen-bond donors (Lipinski definition) is 2. The topological polar surface area (TPSA) is 56.2 Å². The van der Waals surface area contributed by atoms with E-state index in [1.165, 1.54) is 32.1 Å². The fraction of sp³-hybridized carbons (Fsp3) is 0.556. The van der Waals surface area contributed by atoms with Gasteiger partial charge < -0.3 is 5.73 Å². The second-order valence-electron chi connectivity index (χ2n) is 6.00. The molecule has 0 unspecified atom stereocenters. The molecule has 2 aromatic rings. The molecule has 0 bridgehead atoms. The molecule has 7 heteroatoms. The van der Waals surface area contributed by atoms with Gasteiger partial charge in [-0.25, -0.2) is 4.68 Å². The molecule has 25 heavy (non-hydrogen) atoms. The molecule has 0 atom stereocenters. The summed E-state index contributed by atoms with van der Waals surface area (Å²) < 4.78 is 2.00. The third-order valence-corrected chi connectivity index (χ3v) is 5.82. The quantitative estimate of drug-likeness (QED) is 0.731. The van der Waals surface area contributed by atoms with Crippen molar-refractivity contribution in [3.63, 3.8) is 0 Å². The smallest absolute Gasteiger partial charge is 0.203 e. The van der Waals surface area contributed by atoms with Crippen molar-refractivity contribution in [2.24, 2.45) is 10.7 Å². The Morgan fingerprint density at radius 1 is 1.32 bits per heavy atom. The summed E-state index contributed by atoms with van der Waals surface area (Å²) in [5, 5.41) is 6.34. The SMILES string of the molecule is CCN.CCn1nc(-c2ccc(Cl)c(S)c2)sc1=NC1CCCCC1. The second-order valence-corrected chi connectivity index (χ2v) is 7.85. The third-order valence-electron chi connectivity index (χ3n) is 3.98. The predicted octanol–water partition coefficient (Wildman–Crippen LogP) is 4.77. The van der Waals surface area contributed by atoms with Crippen molar-refractivity contribution in [3.05, 3.63) is 28.0 Å². The summed E-state index contributed by atoms with van der Waals surface area (Å²) in [6, 6.07) is 6.29. The van der Waals surface area contributed by atoms with Gasteiger partial charge in [0, 0.05) is 17.0 Å². The average molecular weight is 399 g/mol. The molecule has 138 valence electrons. The van der Waals surface area contributed by atoms with E-state index < -0.39 is 0 Å². The Labute approximate surface area is 164 Å². The van der Waals surface area contributed by atoms with Crippen molar-refractivity contribution >= 4 is 35.6 Å². The molecule has 4 nitrogen and oxygen atoms in total. The van der Waals surface area contributed by atoms with Gasteiger partial charge in [-0.15, -0.1) is 12.6 Å². The van der Waals surface area contributed by atoms with Crippen LogP contribution in [0.2, 0.25) is 5.02 Å². The molecule has 0 radical (unpaired) electrons. The summed E-state index contributed by atoms with van der Waals surface area (Å²) in [6.45, 7) is 5.60. The first kappa shape index (κ1) is 20.5. The van der Waals surface area contributed by atoms with E-state index in [-0.39, 0.29) is 0 Å². The molecular formula is C18H27ClN4S2. The summed E-state index contributed by atoms with van der Waals surface area (Å²) in [4.78, 5) is 6.76. The van der Waals surface area contributed by atoms with Crippen molar-refractivity contribution in [1.29, 1.82) is 0 Å². The van der Waals surface area contributed by atoms with E-state index in [2.05, 4.69) is 19.6 Å². The largest absolute Gasteiger partial charge is 0.331 e. The maximum atomic E-state index is 6.04. The highest BCUT2D eigenvalue weighted by Crippen LogP contribution is 2.27. The fourth-order valence-corrected chi connectivity index (χ4v) is 4.11. The minimum Gasteiger partial charge on any atom is -0.331 e. The third kappa shape index (κ3) is 5.84. The van der Waals surface area contributed by atoms with Gasteiger partial charge in [0.25, 0.3) is 0 Å². The minimum absolute atomic E-state index is 0.463. The van der Waals surface area contributed by atoms with Gasteiger partial charge in [-0.05, 0) is 38.4 Å². The van der Waals surface area contributed by atoms with Gasteiger partial charge in [0.05, 0.1) is 11.1 Å². The van der Waals surface area contributed by atoms with Crippen LogP contribution in [0.4, 0.5) is 0 Å². The lowest BCUT2D eigenvalue weighted by molar-refractivity contribution is 0.432. The van der Waals surface area contributed by atoms with Crippen molar-refractivity contribution in [2.75, 3.05) is 6.54 Å². The van der Waals surface area contributed by atoms with Gasteiger partial charge in [0.15, 0.2) is 0 Å². The monoisotopic (exact) mass is 398 g/mol. The van der Waals surface area contributed by atoms with E-state index in [9.17, 15) is 0 Å². The second kappa shape index (κ2) is 10.4.